The van der Waals surface area contributed by atoms with E-state index in [1.165, 1.54) is 0 Å². The summed E-state index contributed by atoms with van der Waals surface area (Å²) in [5, 5.41) is 8.30. The van der Waals surface area contributed by atoms with Crippen LogP contribution >= 0.6 is 15.9 Å². The molecule has 0 aromatic carbocycles. The molecule has 2 aromatic heterocycles. The number of aromatic nitrogens is 4. The molecular weight excluding hydrogens is 300 g/mol. The Balaban J connectivity index is 1.75. The van der Waals surface area contributed by atoms with Crippen molar-refractivity contribution in [2.75, 3.05) is 6.61 Å². The summed E-state index contributed by atoms with van der Waals surface area (Å²) in [6, 6.07) is 0. The summed E-state index contributed by atoms with van der Waals surface area (Å²) >= 11 is 3.45. The van der Waals surface area contributed by atoms with Crippen LogP contribution < -0.4 is 0 Å². The van der Waals surface area contributed by atoms with Crippen LogP contribution in [0.5, 0.6) is 0 Å². The number of rotatable bonds is 3. The zero-order chi connectivity index (χ0) is 12.5. The Morgan fingerprint density at radius 2 is 2.44 bits per heavy atom. The van der Waals surface area contributed by atoms with Gasteiger partial charge in [-0.2, -0.15) is 10.1 Å². The van der Waals surface area contributed by atoms with Crippen molar-refractivity contribution < 1.29 is 9.26 Å². The van der Waals surface area contributed by atoms with E-state index in [1.54, 1.807) is 4.68 Å². The highest BCUT2D eigenvalue weighted by Crippen LogP contribution is 2.27. The lowest BCUT2D eigenvalue weighted by atomic mass is 10.2. The first-order valence-corrected chi connectivity index (χ1v) is 6.64. The first-order chi connectivity index (χ1) is 8.72. The van der Waals surface area contributed by atoms with Crippen LogP contribution in [-0.2, 0) is 18.2 Å². The van der Waals surface area contributed by atoms with E-state index in [9.17, 15) is 0 Å². The van der Waals surface area contributed by atoms with Gasteiger partial charge in [-0.3, -0.25) is 4.68 Å². The number of hydrogen-bond donors (Lipinski definition) is 0. The maximum absolute atomic E-state index is 5.51. The van der Waals surface area contributed by atoms with Gasteiger partial charge in [-0.15, -0.1) is 0 Å². The van der Waals surface area contributed by atoms with Crippen LogP contribution in [-0.4, -0.2) is 26.5 Å². The second-order valence-electron chi connectivity index (χ2n) is 4.32. The van der Waals surface area contributed by atoms with Gasteiger partial charge in [0.05, 0.1) is 16.6 Å². The molecule has 1 fully saturated rings. The van der Waals surface area contributed by atoms with Gasteiger partial charge >= 0.3 is 0 Å². The van der Waals surface area contributed by atoms with E-state index in [2.05, 4.69) is 31.2 Å². The smallest absolute Gasteiger partial charge is 0.255 e. The van der Waals surface area contributed by atoms with Crippen molar-refractivity contribution in [2.45, 2.75) is 25.4 Å². The van der Waals surface area contributed by atoms with Gasteiger partial charge in [0.2, 0.25) is 0 Å². The van der Waals surface area contributed by atoms with Crippen molar-refractivity contribution in [3.8, 4) is 0 Å². The molecule has 6 nitrogen and oxygen atoms in total. The lowest BCUT2D eigenvalue weighted by Gasteiger charge is -2.00. The van der Waals surface area contributed by atoms with Crippen molar-refractivity contribution >= 4 is 15.9 Å². The first kappa shape index (κ1) is 11.9. The van der Waals surface area contributed by atoms with E-state index in [1.807, 2.05) is 13.2 Å². The molecular formula is C11H13BrN4O2. The summed E-state index contributed by atoms with van der Waals surface area (Å²) in [4.78, 5) is 4.37. The molecule has 0 saturated carbocycles. The summed E-state index contributed by atoms with van der Waals surface area (Å²) < 4.78 is 13.4. The lowest BCUT2D eigenvalue weighted by molar-refractivity contribution is 0.0835. The zero-order valence-corrected chi connectivity index (χ0v) is 11.6. The minimum absolute atomic E-state index is 0.0292. The summed E-state index contributed by atoms with van der Waals surface area (Å²) in [7, 11) is 1.88. The third-order valence-electron chi connectivity index (χ3n) is 2.87. The maximum Gasteiger partial charge on any atom is 0.255 e. The van der Waals surface area contributed by atoms with Crippen LogP contribution in [0.3, 0.4) is 0 Å². The highest BCUT2D eigenvalue weighted by Gasteiger charge is 2.24. The number of aryl methyl sites for hydroxylation is 1. The highest BCUT2D eigenvalue weighted by atomic mass is 79.9. The number of nitrogens with zero attached hydrogens (tertiary/aromatic N) is 4. The maximum atomic E-state index is 5.51. The zero-order valence-electron chi connectivity index (χ0n) is 9.97. The molecule has 96 valence electrons. The van der Waals surface area contributed by atoms with Gasteiger partial charge in [-0.25, -0.2) is 0 Å². The third-order valence-corrected chi connectivity index (χ3v) is 3.53. The van der Waals surface area contributed by atoms with E-state index in [-0.39, 0.29) is 6.10 Å². The molecule has 1 aliphatic heterocycles. The van der Waals surface area contributed by atoms with Gasteiger partial charge in [0.25, 0.3) is 5.89 Å². The van der Waals surface area contributed by atoms with Gasteiger partial charge in [0.15, 0.2) is 5.82 Å². The minimum atomic E-state index is -0.0292. The van der Waals surface area contributed by atoms with E-state index >= 15 is 0 Å². The second-order valence-corrected chi connectivity index (χ2v) is 5.18. The molecule has 0 amide bonds. The van der Waals surface area contributed by atoms with E-state index in [0.29, 0.717) is 18.1 Å². The lowest BCUT2D eigenvalue weighted by Crippen LogP contribution is -1.98. The van der Waals surface area contributed by atoms with Gasteiger partial charge < -0.3 is 9.26 Å². The Morgan fingerprint density at radius 3 is 3.11 bits per heavy atom. The van der Waals surface area contributed by atoms with Crippen LogP contribution in [0.25, 0.3) is 0 Å². The van der Waals surface area contributed by atoms with Crippen molar-refractivity contribution in [2.24, 2.45) is 7.05 Å². The molecule has 2 aromatic rings. The van der Waals surface area contributed by atoms with Crippen molar-refractivity contribution in [1.82, 2.24) is 19.9 Å². The molecule has 1 unspecified atom stereocenters. The standard InChI is InChI=1S/C11H13BrN4O2/c1-16-6-7(12)8(14-16)5-10-13-11(18-15-10)9-3-2-4-17-9/h6,9H,2-5H2,1H3. The SMILES string of the molecule is Cn1cc(Br)c(Cc2noc(C3CCCO3)n2)n1. The Kier molecular flexibility index (Phi) is 3.17. The van der Waals surface area contributed by atoms with E-state index in [0.717, 1.165) is 29.6 Å². The van der Waals surface area contributed by atoms with Crippen LogP contribution in [0.4, 0.5) is 0 Å². The second kappa shape index (κ2) is 4.81. The van der Waals surface area contributed by atoms with Crippen molar-refractivity contribution in [1.29, 1.82) is 0 Å². The van der Waals surface area contributed by atoms with Crippen molar-refractivity contribution in [3.63, 3.8) is 0 Å². The van der Waals surface area contributed by atoms with E-state index < -0.39 is 0 Å². The fourth-order valence-corrected chi connectivity index (χ4v) is 2.53. The van der Waals surface area contributed by atoms with Gasteiger partial charge in [0, 0.05) is 19.9 Å². The predicted molar refractivity (Wildman–Crippen MR) is 65.9 cm³/mol. The number of ether oxygens (including phenoxy) is 1. The molecule has 0 spiro atoms. The van der Waals surface area contributed by atoms with Crippen molar-refractivity contribution in [3.05, 3.63) is 28.1 Å². The Labute approximate surface area is 112 Å². The molecule has 1 atom stereocenters. The highest BCUT2D eigenvalue weighted by molar-refractivity contribution is 9.10. The largest absolute Gasteiger partial charge is 0.368 e. The van der Waals surface area contributed by atoms with Crippen LogP contribution in [0.1, 0.15) is 36.4 Å². The molecule has 0 aliphatic carbocycles. The van der Waals surface area contributed by atoms with Crippen LogP contribution in [0.2, 0.25) is 0 Å². The number of hydrogen-bond acceptors (Lipinski definition) is 5. The molecule has 1 saturated heterocycles. The minimum Gasteiger partial charge on any atom is -0.368 e. The van der Waals surface area contributed by atoms with Crippen LogP contribution in [0.15, 0.2) is 15.2 Å². The van der Waals surface area contributed by atoms with Gasteiger partial charge in [0.1, 0.15) is 6.10 Å². The Bertz CT molecular complexity index is 545. The average molecular weight is 313 g/mol. The molecule has 0 radical (unpaired) electrons. The Hall–Kier alpha value is -1.21. The van der Waals surface area contributed by atoms with Gasteiger partial charge in [-0.1, -0.05) is 5.16 Å². The third kappa shape index (κ3) is 2.32. The summed E-state index contributed by atoms with van der Waals surface area (Å²) in [6.07, 6.45) is 4.43. The fourth-order valence-electron chi connectivity index (χ4n) is 2.02. The van der Waals surface area contributed by atoms with Gasteiger partial charge in [-0.05, 0) is 28.8 Å². The Morgan fingerprint density at radius 1 is 1.56 bits per heavy atom. The molecule has 18 heavy (non-hydrogen) atoms. The van der Waals surface area contributed by atoms with E-state index in [4.69, 9.17) is 9.26 Å². The average Bonchev–Trinajstić information content (AvgIpc) is 3.02. The molecule has 1 aliphatic rings. The monoisotopic (exact) mass is 312 g/mol. The molecule has 3 heterocycles. The topological polar surface area (TPSA) is 66.0 Å². The molecule has 7 heteroatoms. The predicted octanol–water partition coefficient (Wildman–Crippen LogP) is 2.01. The molecule has 3 rings (SSSR count). The van der Waals surface area contributed by atoms with Crippen LogP contribution in [0, 0.1) is 0 Å². The molecule has 0 N–H and O–H groups in total. The normalized spacial score (nSPS) is 19.6. The number of halogens is 1. The summed E-state index contributed by atoms with van der Waals surface area (Å²) in [6.45, 7) is 0.772. The first-order valence-electron chi connectivity index (χ1n) is 5.84. The molecule has 0 bridgehead atoms. The fraction of sp³-hybridized carbons (Fsp3) is 0.545. The summed E-state index contributed by atoms with van der Waals surface area (Å²) in [5.41, 5.74) is 0.900. The summed E-state index contributed by atoms with van der Waals surface area (Å²) in [5.74, 6) is 1.22. The quantitative estimate of drug-likeness (QED) is 0.867.